The number of rotatable bonds is 16. The zero-order valence-electron chi connectivity index (χ0n) is 32.5. The maximum absolute atomic E-state index is 11.1. The van der Waals surface area contributed by atoms with Crippen molar-refractivity contribution < 1.29 is 56.7 Å². The summed E-state index contributed by atoms with van der Waals surface area (Å²) < 4.78 is 46.8. The second-order valence-corrected chi connectivity index (χ2v) is 13.7. The Labute approximate surface area is 327 Å². The first-order valence-electron chi connectivity index (χ1n) is 18.4. The number of esters is 3. The van der Waals surface area contributed by atoms with Crippen LogP contribution in [0.1, 0.15) is 68.1 Å². The molecule has 0 bridgehead atoms. The molecule has 0 saturated carbocycles. The van der Waals surface area contributed by atoms with E-state index in [1.54, 1.807) is 12.3 Å². The zero-order valence-corrected chi connectivity index (χ0v) is 33.3. The fourth-order valence-electron chi connectivity index (χ4n) is 6.13. The van der Waals surface area contributed by atoms with E-state index in [1.807, 2.05) is 48.2 Å². The Balaban J connectivity index is 0.000000184. The second-order valence-electron chi connectivity index (χ2n) is 12.7. The maximum Gasteiger partial charge on any atom is 0.343 e. The maximum atomic E-state index is 11.1. The summed E-state index contributed by atoms with van der Waals surface area (Å²) in [4.78, 5) is 33.2. The number of methoxy groups -OCH3 is 3. The number of benzene rings is 3. The number of carbonyl (C=O) groups is 3. The Bertz CT molecular complexity index is 1840. The molecule has 3 aromatic carbocycles. The molecule has 2 aliphatic heterocycles. The van der Waals surface area contributed by atoms with Crippen LogP contribution in [0, 0.1) is 0 Å². The fourth-order valence-corrected chi connectivity index (χ4v) is 6.65. The van der Waals surface area contributed by atoms with Crippen LogP contribution in [-0.2, 0) is 35.0 Å². The van der Waals surface area contributed by atoms with Gasteiger partial charge in [0, 0.05) is 28.3 Å². The summed E-state index contributed by atoms with van der Waals surface area (Å²) in [5.41, 5.74) is 4.21. The number of carbonyl (C=O) groups excluding carboxylic acids is 3. The number of ether oxygens (including phenoxy) is 8. The molecule has 0 N–H and O–H groups in total. The van der Waals surface area contributed by atoms with Gasteiger partial charge in [-0.2, -0.15) is 11.8 Å². The standard InChI is InChI=1S/C14H18O4S.C14H18O4.C14H16O4/c1-16-13(15)9-17-12-5-3-4-11-10(6-7-19-2)8-18-14(11)12;2*1-3-5-10-8-18-14-11(10)6-4-7-12(14)17-9-13(15)16-2/h3-5,10H,6-9H2,1-2H3;4,6-7,10H,3,5,8-9H2,1-2H3;4,6-8H,3,5,9H2,1-2H3. The van der Waals surface area contributed by atoms with Crippen LogP contribution in [0.15, 0.2) is 65.3 Å². The van der Waals surface area contributed by atoms with Gasteiger partial charge in [0.2, 0.25) is 0 Å². The lowest BCUT2D eigenvalue weighted by atomic mass is 9.96. The summed E-state index contributed by atoms with van der Waals surface area (Å²) in [6.07, 6.45) is 9.20. The van der Waals surface area contributed by atoms with E-state index < -0.39 is 17.9 Å². The van der Waals surface area contributed by atoms with E-state index in [9.17, 15) is 14.4 Å². The third-order valence-electron chi connectivity index (χ3n) is 8.95. The van der Waals surface area contributed by atoms with E-state index in [1.165, 1.54) is 32.5 Å². The Hall–Kier alpha value is -5.04. The highest BCUT2D eigenvalue weighted by Gasteiger charge is 2.28. The molecule has 2 atom stereocenters. The largest absolute Gasteiger partial charge is 0.489 e. The van der Waals surface area contributed by atoms with Crippen molar-refractivity contribution in [2.75, 3.05) is 66.4 Å². The molecule has 4 aromatic rings. The molecule has 3 heterocycles. The minimum Gasteiger partial charge on any atom is -0.489 e. The molecule has 2 aliphatic rings. The molecule has 0 saturated heterocycles. The van der Waals surface area contributed by atoms with Gasteiger partial charge in [-0.05, 0) is 55.0 Å². The molecule has 0 amide bonds. The van der Waals surface area contributed by atoms with E-state index >= 15 is 0 Å². The van der Waals surface area contributed by atoms with Crippen molar-refractivity contribution in [1.29, 1.82) is 0 Å². The summed E-state index contributed by atoms with van der Waals surface area (Å²) in [7, 11) is 4.02. The Morgan fingerprint density at radius 2 is 1.16 bits per heavy atom. The molecule has 0 spiro atoms. The molecule has 298 valence electrons. The van der Waals surface area contributed by atoms with Crippen LogP contribution < -0.4 is 23.7 Å². The molecular weight excluding hydrogens is 729 g/mol. The van der Waals surface area contributed by atoms with Gasteiger partial charge in [-0.3, -0.25) is 0 Å². The predicted octanol–water partition coefficient (Wildman–Crippen LogP) is 7.92. The second kappa shape index (κ2) is 22.4. The quantitative estimate of drug-likeness (QED) is 0.0805. The summed E-state index contributed by atoms with van der Waals surface area (Å²) in [6.45, 7) is 5.38. The zero-order chi connectivity index (χ0) is 39.6. The number of fused-ring (bicyclic) bond motifs is 3. The van der Waals surface area contributed by atoms with Gasteiger partial charge in [-0.25, -0.2) is 14.4 Å². The number of aryl methyl sites for hydroxylation is 1. The molecule has 12 nitrogen and oxygen atoms in total. The lowest BCUT2D eigenvalue weighted by molar-refractivity contribution is -0.143. The van der Waals surface area contributed by atoms with Gasteiger partial charge in [-0.15, -0.1) is 0 Å². The number of para-hydroxylation sites is 3. The minimum absolute atomic E-state index is 0.0885. The van der Waals surface area contributed by atoms with Crippen LogP contribution >= 0.6 is 11.8 Å². The van der Waals surface area contributed by atoms with Crippen molar-refractivity contribution in [3.63, 3.8) is 0 Å². The lowest BCUT2D eigenvalue weighted by Gasteiger charge is -2.10. The molecular formula is C42H52O12S. The summed E-state index contributed by atoms with van der Waals surface area (Å²) >= 11 is 1.84. The number of hydrogen-bond donors (Lipinski definition) is 0. The third kappa shape index (κ3) is 12.0. The number of hydrogen-bond acceptors (Lipinski definition) is 13. The van der Waals surface area contributed by atoms with Gasteiger partial charge in [0.15, 0.2) is 54.2 Å². The molecule has 1 aromatic heterocycles. The Morgan fingerprint density at radius 1 is 0.673 bits per heavy atom. The topological polar surface area (TPSA) is 138 Å². The van der Waals surface area contributed by atoms with Crippen molar-refractivity contribution >= 4 is 40.6 Å². The average molecular weight is 781 g/mol. The van der Waals surface area contributed by atoms with Crippen LogP contribution in [0.5, 0.6) is 28.7 Å². The lowest BCUT2D eigenvalue weighted by Crippen LogP contribution is -2.12. The molecule has 13 heteroatoms. The van der Waals surface area contributed by atoms with E-state index in [2.05, 4.69) is 46.4 Å². The van der Waals surface area contributed by atoms with Crippen LogP contribution in [0.4, 0.5) is 0 Å². The van der Waals surface area contributed by atoms with E-state index in [4.69, 9.17) is 28.1 Å². The summed E-state index contributed by atoms with van der Waals surface area (Å²) in [6, 6.07) is 17.3. The van der Waals surface area contributed by atoms with Crippen molar-refractivity contribution in [2.45, 2.75) is 57.8 Å². The number of thioether (sulfide) groups is 1. The average Bonchev–Trinajstić information content (AvgIpc) is 3.96. The van der Waals surface area contributed by atoms with Gasteiger partial charge >= 0.3 is 17.9 Å². The van der Waals surface area contributed by atoms with Crippen molar-refractivity contribution in [2.24, 2.45) is 0 Å². The Morgan fingerprint density at radius 3 is 1.65 bits per heavy atom. The summed E-state index contributed by atoms with van der Waals surface area (Å²) in [5.74, 6) is 4.14. The van der Waals surface area contributed by atoms with E-state index in [0.717, 1.165) is 60.3 Å². The monoisotopic (exact) mass is 780 g/mol. The van der Waals surface area contributed by atoms with Gasteiger partial charge in [0.05, 0.1) is 40.8 Å². The highest BCUT2D eigenvalue weighted by Crippen LogP contribution is 2.44. The normalized spacial score (nSPS) is 14.7. The highest BCUT2D eigenvalue weighted by atomic mass is 32.2. The van der Waals surface area contributed by atoms with Crippen molar-refractivity contribution in [3.8, 4) is 28.7 Å². The minimum atomic E-state index is -0.410. The molecule has 0 radical (unpaired) electrons. The van der Waals surface area contributed by atoms with E-state index in [-0.39, 0.29) is 19.8 Å². The van der Waals surface area contributed by atoms with Gasteiger partial charge in [-0.1, -0.05) is 63.1 Å². The van der Waals surface area contributed by atoms with Gasteiger partial charge < -0.3 is 42.3 Å². The molecule has 2 unspecified atom stereocenters. The Kier molecular flexibility index (Phi) is 17.4. The predicted molar refractivity (Wildman–Crippen MR) is 210 cm³/mol. The van der Waals surface area contributed by atoms with Crippen LogP contribution in [0.25, 0.3) is 11.0 Å². The first-order chi connectivity index (χ1) is 26.8. The third-order valence-corrected chi connectivity index (χ3v) is 9.59. The SMILES string of the molecule is CCCC1COc2c(OCC(=O)OC)cccc21.CCCc1coc2c(OCC(=O)OC)cccc12.COC(=O)COc1cccc2c1OCC2CCSC. The van der Waals surface area contributed by atoms with Crippen LogP contribution in [-0.4, -0.2) is 84.3 Å². The van der Waals surface area contributed by atoms with Crippen molar-refractivity contribution in [1.82, 2.24) is 0 Å². The first kappa shape index (κ1) is 42.7. The molecule has 55 heavy (non-hydrogen) atoms. The summed E-state index contributed by atoms with van der Waals surface area (Å²) in [5, 5.41) is 1.04. The van der Waals surface area contributed by atoms with Gasteiger partial charge in [0.25, 0.3) is 0 Å². The van der Waals surface area contributed by atoms with Gasteiger partial charge in [0.1, 0.15) is 0 Å². The molecule has 6 rings (SSSR count). The van der Waals surface area contributed by atoms with Crippen molar-refractivity contribution in [3.05, 3.63) is 77.6 Å². The molecule has 0 aliphatic carbocycles. The van der Waals surface area contributed by atoms with Crippen LogP contribution in [0.3, 0.4) is 0 Å². The van der Waals surface area contributed by atoms with E-state index in [0.29, 0.717) is 47.9 Å². The number of furan rings is 1. The first-order valence-corrected chi connectivity index (χ1v) is 19.8. The van der Waals surface area contributed by atoms with Crippen LogP contribution in [0.2, 0.25) is 0 Å². The fraction of sp³-hybridized carbons (Fsp3) is 0.452. The highest BCUT2D eigenvalue weighted by molar-refractivity contribution is 7.98. The molecule has 0 fully saturated rings. The smallest absolute Gasteiger partial charge is 0.343 e.